The zero-order valence-electron chi connectivity index (χ0n) is 34.0. The Morgan fingerprint density at radius 2 is 1.14 bits per heavy atom. The molecule has 0 spiro atoms. The third kappa shape index (κ3) is 18.4. The summed E-state index contributed by atoms with van der Waals surface area (Å²) in [5.41, 5.74) is 1.17. The van der Waals surface area contributed by atoms with Crippen molar-refractivity contribution in [1.29, 1.82) is 0 Å². The number of aliphatic carboxylic acids is 1. The van der Waals surface area contributed by atoms with Crippen LogP contribution in [0.2, 0.25) is 0 Å². The highest BCUT2D eigenvalue weighted by atomic mass is 16.5. The second-order valence-corrected chi connectivity index (χ2v) is 14.9. The summed E-state index contributed by atoms with van der Waals surface area (Å²) in [5.74, 6) is -0.138. The maximum absolute atomic E-state index is 11.8. The number of ether oxygens (including phenoxy) is 3. The predicted molar refractivity (Wildman–Crippen MR) is 205 cm³/mol. The quantitative estimate of drug-likeness (QED) is 0.173. The fourth-order valence-electron chi connectivity index (χ4n) is 3.56. The van der Waals surface area contributed by atoms with Crippen molar-refractivity contribution in [3.8, 4) is 5.75 Å². The first-order valence-corrected chi connectivity index (χ1v) is 18.0. The molecule has 9 nitrogen and oxygen atoms in total. The second-order valence-electron chi connectivity index (χ2n) is 14.9. The van der Waals surface area contributed by atoms with E-state index in [1.54, 1.807) is 13.8 Å². The highest BCUT2D eigenvalue weighted by Gasteiger charge is 2.27. The lowest BCUT2D eigenvalue weighted by atomic mass is 9.78. The third-order valence-electron chi connectivity index (χ3n) is 9.46. The third-order valence-corrected chi connectivity index (χ3v) is 9.46. The van der Waals surface area contributed by atoms with Crippen LogP contribution in [-0.2, 0) is 34.1 Å². The number of carbonyl (C=O) groups excluding carboxylic acids is 3. The zero-order chi connectivity index (χ0) is 40.1. The maximum atomic E-state index is 11.8. The fourth-order valence-corrected chi connectivity index (χ4v) is 3.56. The number of rotatable bonds is 15. The first-order chi connectivity index (χ1) is 23.5. The van der Waals surface area contributed by atoms with E-state index in [2.05, 4.69) is 55.0 Å². The highest BCUT2D eigenvalue weighted by Crippen LogP contribution is 2.32. The Morgan fingerprint density at radius 1 is 0.686 bits per heavy atom. The van der Waals surface area contributed by atoms with Crippen LogP contribution in [0.1, 0.15) is 127 Å². The molecule has 1 atom stereocenters. The summed E-state index contributed by atoms with van der Waals surface area (Å²) in [6.45, 7) is 25.1. The zero-order valence-corrected chi connectivity index (χ0v) is 34.0. The molecule has 0 aromatic heterocycles. The van der Waals surface area contributed by atoms with E-state index in [1.807, 2.05) is 80.5 Å². The van der Waals surface area contributed by atoms with Crippen LogP contribution >= 0.6 is 0 Å². The minimum Gasteiger partial charge on any atom is -0.486 e. The molecule has 0 saturated heterocycles. The minimum atomic E-state index is -0.722. The lowest BCUT2D eigenvalue weighted by Crippen LogP contribution is -2.26. The molecule has 2 aromatic carbocycles. The van der Waals surface area contributed by atoms with E-state index in [1.165, 1.54) is 18.2 Å². The minimum absolute atomic E-state index is 0.0614. The molecule has 2 rings (SSSR count). The van der Waals surface area contributed by atoms with E-state index in [-0.39, 0.29) is 54.3 Å². The summed E-state index contributed by atoms with van der Waals surface area (Å²) in [6.07, 6.45) is 3.10. The van der Waals surface area contributed by atoms with Crippen molar-refractivity contribution in [2.45, 2.75) is 121 Å². The number of ketones is 1. The van der Waals surface area contributed by atoms with Gasteiger partial charge in [0.1, 0.15) is 19.0 Å². The number of esters is 2. The van der Waals surface area contributed by atoms with Gasteiger partial charge < -0.3 is 24.4 Å². The van der Waals surface area contributed by atoms with Crippen LogP contribution in [0.25, 0.3) is 0 Å². The number of aliphatic hydroxyl groups is 1. The van der Waals surface area contributed by atoms with E-state index in [4.69, 9.17) is 19.7 Å². The number of carboxylic acid groups (broad SMARTS) is 1. The normalized spacial score (nSPS) is 11.9. The van der Waals surface area contributed by atoms with Gasteiger partial charge in [-0.2, -0.15) is 0 Å². The monoisotopic (exact) mass is 716 g/mol. The van der Waals surface area contributed by atoms with E-state index in [0.717, 1.165) is 25.0 Å². The first-order valence-electron chi connectivity index (χ1n) is 18.0. The summed E-state index contributed by atoms with van der Waals surface area (Å²) in [6, 6.07) is 18.5. The lowest BCUT2D eigenvalue weighted by molar-refractivity contribution is -0.155. The average molecular weight is 717 g/mol. The Morgan fingerprint density at radius 3 is 1.49 bits per heavy atom. The molecular formula is C42H68O9. The van der Waals surface area contributed by atoms with Crippen LogP contribution in [0.3, 0.4) is 0 Å². The summed E-state index contributed by atoms with van der Waals surface area (Å²) in [4.78, 5) is 44.0. The molecular weight excluding hydrogens is 648 g/mol. The molecule has 0 bridgehead atoms. The molecule has 0 aliphatic carbocycles. The second kappa shape index (κ2) is 23.7. The highest BCUT2D eigenvalue weighted by molar-refractivity contribution is 5.82. The van der Waals surface area contributed by atoms with Crippen LogP contribution in [0.5, 0.6) is 5.75 Å². The largest absolute Gasteiger partial charge is 0.486 e. The number of hydrogen-bond donors (Lipinski definition) is 2. The molecule has 2 N–H and O–H groups in total. The molecule has 2 aromatic rings. The Bertz CT molecular complexity index is 1290. The maximum Gasteiger partial charge on any atom is 0.311 e. The fraction of sp³-hybridized carbons (Fsp3) is 0.619. The van der Waals surface area contributed by atoms with Crippen molar-refractivity contribution in [1.82, 2.24) is 0 Å². The summed E-state index contributed by atoms with van der Waals surface area (Å²) >= 11 is 0. The van der Waals surface area contributed by atoms with Crippen LogP contribution in [0.4, 0.5) is 0 Å². The van der Waals surface area contributed by atoms with Gasteiger partial charge in [0.25, 0.3) is 0 Å². The molecule has 0 heterocycles. The molecule has 0 fully saturated rings. The number of hydrogen-bond acceptors (Lipinski definition) is 8. The van der Waals surface area contributed by atoms with E-state index < -0.39 is 16.8 Å². The van der Waals surface area contributed by atoms with Gasteiger partial charge in [0, 0.05) is 11.3 Å². The van der Waals surface area contributed by atoms with E-state index in [9.17, 15) is 19.2 Å². The number of benzene rings is 2. The van der Waals surface area contributed by atoms with Gasteiger partial charge in [-0.1, -0.05) is 90.9 Å². The van der Waals surface area contributed by atoms with Crippen molar-refractivity contribution in [3.63, 3.8) is 0 Å². The van der Waals surface area contributed by atoms with Gasteiger partial charge in [0.05, 0.1) is 30.0 Å². The number of carboxylic acids is 1. The van der Waals surface area contributed by atoms with Gasteiger partial charge in [-0.05, 0) is 90.5 Å². The first kappa shape index (κ1) is 49.4. The molecule has 0 amide bonds. The van der Waals surface area contributed by atoms with E-state index in [0.29, 0.717) is 6.42 Å². The number of aliphatic hydroxyl groups excluding tert-OH is 1. The molecule has 0 saturated carbocycles. The topological polar surface area (TPSA) is 136 Å². The van der Waals surface area contributed by atoms with Crippen molar-refractivity contribution in [3.05, 3.63) is 65.7 Å². The molecule has 9 heteroatoms. The molecule has 0 aliphatic rings. The summed E-state index contributed by atoms with van der Waals surface area (Å²) < 4.78 is 14.9. The number of Topliss-reactive ketones (excluding diaryl/α,β-unsaturated/α-hetero) is 1. The number of methoxy groups -OCH3 is 1. The molecule has 51 heavy (non-hydrogen) atoms. The van der Waals surface area contributed by atoms with Crippen LogP contribution < -0.4 is 4.74 Å². The van der Waals surface area contributed by atoms with Gasteiger partial charge in [0.2, 0.25) is 0 Å². The SMILES string of the molecule is CCC(C)(C)C(=O)O.CCC(C)(C)C(=O)OC.CCC(C)(C)C(=O)OCCO.CCC(C)C(=O)COc1ccc(C(C)(C)c2ccccc2)cc1. The average Bonchev–Trinajstić information content (AvgIpc) is 3.13. The molecule has 1 unspecified atom stereocenters. The molecule has 0 radical (unpaired) electrons. The van der Waals surface area contributed by atoms with Crippen LogP contribution in [0.15, 0.2) is 54.6 Å². The van der Waals surface area contributed by atoms with Crippen molar-refractivity contribution in [2.75, 3.05) is 26.9 Å². The molecule has 290 valence electrons. The van der Waals surface area contributed by atoms with Crippen molar-refractivity contribution >= 4 is 23.7 Å². The lowest BCUT2D eigenvalue weighted by Gasteiger charge is -2.26. The predicted octanol–water partition coefficient (Wildman–Crippen LogP) is 9.07. The van der Waals surface area contributed by atoms with Gasteiger partial charge >= 0.3 is 17.9 Å². The Balaban J connectivity index is 0. The van der Waals surface area contributed by atoms with Gasteiger partial charge in [-0.25, -0.2) is 0 Å². The number of carbonyl (C=O) groups is 4. The van der Waals surface area contributed by atoms with Gasteiger partial charge in [-0.3, -0.25) is 19.2 Å². The Kier molecular flexibility index (Phi) is 22.9. The summed E-state index contributed by atoms with van der Waals surface area (Å²) in [5, 5.41) is 16.8. The van der Waals surface area contributed by atoms with E-state index >= 15 is 0 Å². The van der Waals surface area contributed by atoms with Crippen LogP contribution in [0, 0.1) is 22.2 Å². The van der Waals surface area contributed by atoms with Gasteiger partial charge in [-0.15, -0.1) is 0 Å². The smallest absolute Gasteiger partial charge is 0.311 e. The van der Waals surface area contributed by atoms with Crippen molar-refractivity contribution in [2.24, 2.45) is 22.2 Å². The standard InChI is InChI=1S/C21H26O2.C8H16O3.C7H14O2.C6H12O2/c1-5-16(2)20(22)15-23-19-13-11-18(12-14-19)21(3,4)17-9-7-6-8-10-17;1-4-8(2,3)7(10)11-6-5-9;1-5-7(2,3)6(8)9-4;1-4-6(2,3)5(7)8/h6-14,16H,5,15H2,1-4H3;9H,4-6H2,1-3H3;5H2,1-4H3;4H2,1-3H3,(H,7,8). The van der Waals surface area contributed by atoms with Gasteiger partial charge in [0.15, 0.2) is 5.78 Å². The Hall–Kier alpha value is -3.72. The Labute approximate surface area is 308 Å². The summed E-state index contributed by atoms with van der Waals surface area (Å²) in [7, 11) is 1.42. The van der Waals surface area contributed by atoms with Crippen molar-refractivity contribution < 1.29 is 43.6 Å². The molecule has 0 aliphatic heterocycles. The van der Waals surface area contributed by atoms with Crippen LogP contribution in [-0.4, -0.2) is 60.8 Å².